The second-order valence-corrected chi connectivity index (χ2v) is 6.24. The Bertz CT molecular complexity index is 436. The predicted molar refractivity (Wildman–Crippen MR) is 71.9 cm³/mol. The highest BCUT2D eigenvalue weighted by molar-refractivity contribution is 5.82. The molecule has 3 saturated heterocycles. The fourth-order valence-corrected chi connectivity index (χ4v) is 3.56. The third kappa shape index (κ3) is 3.02. The second kappa shape index (κ2) is 5.51. The Kier molecular flexibility index (Phi) is 3.86. The van der Waals surface area contributed by atoms with Crippen molar-refractivity contribution < 1.29 is 18.4 Å². The van der Waals surface area contributed by atoms with Gasteiger partial charge in [0.05, 0.1) is 12.6 Å². The molecule has 0 aromatic carbocycles. The van der Waals surface area contributed by atoms with Gasteiger partial charge in [-0.25, -0.2) is 8.78 Å². The quantitative estimate of drug-likeness (QED) is 0.812. The summed E-state index contributed by atoms with van der Waals surface area (Å²) in [6.45, 7) is 1.50. The number of hydrogen-bond acceptors (Lipinski definition) is 3. The Labute approximate surface area is 122 Å². The Balaban J connectivity index is 1.51. The van der Waals surface area contributed by atoms with Crippen molar-refractivity contribution >= 4 is 11.8 Å². The molecule has 3 aliphatic heterocycles. The minimum Gasteiger partial charge on any atom is -0.341 e. The summed E-state index contributed by atoms with van der Waals surface area (Å²) in [5.74, 6) is -2.80. The molecule has 3 heterocycles. The van der Waals surface area contributed by atoms with Gasteiger partial charge in [0.15, 0.2) is 0 Å². The summed E-state index contributed by atoms with van der Waals surface area (Å²) in [6.07, 6.45) is 2.64. The lowest BCUT2D eigenvalue weighted by Crippen LogP contribution is -2.51. The average Bonchev–Trinajstić information content (AvgIpc) is 3.04. The van der Waals surface area contributed by atoms with E-state index >= 15 is 0 Å². The zero-order valence-corrected chi connectivity index (χ0v) is 12.0. The van der Waals surface area contributed by atoms with Crippen LogP contribution < -0.4 is 5.32 Å². The molecule has 0 bridgehead atoms. The van der Waals surface area contributed by atoms with E-state index < -0.39 is 24.9 Å². The number of hydrogen-bond donors (Lipinski definition) is 1. The SMILES string of the molecule is O=C(C1CC(F)(F)CN1)N1CCC(N2CCCC2=O)CC1. The average molecular weight is 301 g/mol. The van der Waals surface area contributed by atoms with Crippen LogP contribution in [0.15, 0.2) is 0 Å². The zero-order chi connectivity index (χ0) is 15.0. The van der Waals surface area contributed by atoms with Crippen molar-refractivity contribution in [2.75, 3.05) is 26.2 Å². The van der Waals surface area contributed by atoms with Gasteiger partial charge in [-0.1, -0.05) is 0 Å². The second-order valence-electron chi connectivity index (χ2n) is 6.24. The minimum atomic E-state index is -2.78. The predicted octanol–water partition coefficient (Wildman–Crippen LogP) is 0.597. The first kappa shape index (κ1) is 14.7. The number of amides is 2. The first-order valence-corrected chi connectivity index (χ1v) is 7.66. The van der Waals surface area contributed by atoms with Gasteiger partial charge in [0.2, 0.25) is 11.8 Å². The van der Waals surface area contributed by atoms with Crippen molar-refractivity contribution in [3.05, 3.63) is 0 Å². The standard InChI is InChI=1S/C14H21F2N3O2/c15-14(16)8-11(17-9-14)13(21)18-6-3-10(4-7-18)19-5-1-2-12(19)20/h10-11,17H,1-9H2. The van der Waals surface area contributed by atoms with Crippen molar-refractivity contribution in [2.24, 2.45) is 0 Å². The lowest BCUT2D eigenvalue weighted by Gasteiger charge is -2.37. The molecule has 7 heteroatoms. The van der Waals surface area contributed by atoms with Crippen LogP contribution in [0, 0.1) is 0 Å². The molecule has 1 N–H and O–H groups in total. The van der Waals surface area contributed by atoms with E-state index in [2.05, 4.69) is 5.32 Å². The van der Waals surface area contributed by atoms with Gasteiger partial charge < -0.3 is 9.80 Å². The van der Waals surface area contributed by atoms with Crippen LogP contribution in [-0.4, -0.2) is 65.8 Å². The lowest BCUT2D eigenvalue weighted by atomic mass is 10.0. The van der Waals surface area contributed by atoms with E-state index in [0.717, 1.165) is 25.8 Å². The molecule has 2 amide bonds. The summed E-state index contributed by atoms with van der Waals surface area (Å²) in [5.41, 5.74) is 0. The molecule has 0 aromatic heterocycles. The van der Waals surface area contributed by atoms with E-state index in [9.17, 15) is 18.4 Å². The van der Waals surface area contributed by atoms with Gasteiger partial charge >= 0.3 is 0 Å². The highest BCUT2D eigenvalue weighted by atomic mass is 19.3. The van der Waals surface area contributed by atoms with E-state index in [1.165, 1.54) is 0 Å². The van der Waals surface area contributed by atoms with Crippen LogP contribution in [0.5, 0.6) is 0 Å². The monoisotopic (exact) mass is 301 g/mol. The Morgan fingerprint density at radius 2 is 1.95 bits per heavy atom. The number of carbonyl (C=O) groups is 2. The summed E-state index contributed by atoms with van der Waals surface area (Å²) in [5, 5.41) is 2.61. The molecule has 0 aliphatic carbocycles. The maximum atomic E-state index is 13.2. The van der Waals surface area contributed by atoms with Crippen LogP contribution in [0.3, 0.4) is 0 Å². The summed E-state index contributed by atoms with van der Waals surface area (Å²) in [7, 11) is 0. The maximum Gasteiger partial charge on any atom is 0.262 e. The number of piperidine rings is 1. The number of likely N-dealkylation sites (tertiary alicyclic amines) is 2. The topological polar surface area (TPSA) is 52.7 Å². The van der Waals surface area contributed by atoms with Gasteiger partial charge in [0.25, 0.3) is 5.92 Å². The van der Waals surface area contributed by atoms with E-state index in [1.807, 2.05) is 4.90 Å². The summed E-state index contributed by atoms with van der Waals surface area (Å²) in [6, 6.07) is -0.549. The number of nitrogens with one attached hydrogen (secondary N) is 1. The van der Waals surface area contributed by atoms with Crippen LogP contribution in [0.25, 0.3) is 0 Å². The summed E-state index contributed by atoms with van der Waals surface area (Å²) < 4.78 is 26.3. The third-order valence-corrected chi connectivity index (χ3v) is 4.73. The van der Waals surface area contributed by atoms with Crippen LogP contribution in [-0.2, 0) is 9.59 Å². The van der Waals surface area contributed by atoms with E-state index in [0.29, 0.717) is 19.5 Å². The van der Waals surface area contributed by atoms with E-state index in [-0.39, 0.29) is 17.9 Å². The molecule has 0 radical (unpaired) electrons. The Morgan fingerprint density at radius 1 is 1.24 bits per heavy atom. The normalized spacial score (nSPS) is 30.2. The van der Waals surface area contributed by atoms with Crippen LogP contribution in [0.1, 0.15) is 32.1 Å². The lowest BCUT2D eigenvalue weighted by molar-refractivity contribution is -0.136. The molecule has 0 saturated carbocycles. The van der Waals surface area contributed by atoms with Gasteiger partial charge in [-0.05, 0) is 19.3 Å². The molecule has 1 atom stereocenters. The van der Waals surface area contributed by atoms with Gasteiger partial charge in [-0.2, -0.15) is 0 Å². The van der Waals surface area contributed by atoms with Crippen LogP contribution in [0.4, 0.5) is 8.78 Å². The van der Waals surface area contributed by atoms with Crippen molar-refractivity contribution in [3.8, 4) is 0 Å². The van der Waals surface area contributed by atoms with Crippen molar-refractivity contribution in [1.29, 1.82) is 0 Å². The Morgan fingerprint density at radius 3 is 2.48 bits per heavy atom. The van der Waals surface area contributed by atoms with Crippen molar-refractivity contribution in [2.45, 2.75) is 50.1 Å². The first-order valence-electron chi connectivity index (χ1n) is 7.66. The van der Waals surface area contributed by atoms with E-state index in [4.69, 9.17) is 0 Å². The fraction of sp³-hybridized carbons (Fsp3) is 0.857. The maximum absolute atomic E-state index is 13.2. The first-order chi connectivity index (χ1) is 9.96. The molecule has 3 rings (SSSR count). The van der Waals surface area contributed by atoms with E-state index in [1.54, 1.807) is 4.90 Å². The van der Waals surface area contributed by atoms with Crippen molar-refractivity contribution in [3.63, 3.8) is 0 Å². The molecule has 3 aliphatic rings. The molecular formula is C14H21F2N3O2. The van der Waals surface area contributed by atoms with Crippen LogP contribution >= 0.6 is 0 Å². The molecular weight excluding hydrogens is 280 g/mol. The number of nitrogens with zero attached hydrogens (tertiary/aromatic N) is 2. The Hall–Kier alpha value is -1.24. The number of rotatable bonds is 2. The van der Waals surface area contributed by atoms with Gasteiger partial charge in [-0.15, -0.1) is 0 Å². The summed E-state index contributed by atoms with van der Waals surface area (Å²) in [4.78, 5) is 27.5. The number of halogens is 2. The molecule has 118 valence electrons. The zero-order valence-electron chi connectivity index (χ0n) is 12.0. The molecule has 3 fully saturated rings. The highest BCUT2D eigenvalue weighted by Crippen LogP contribution is 2.27. The fourth-order valence-electron chi connectivity index (χ4n) is 3.56. The smallest absolute Gasteiger partial charge is 0.262 e. The third-order valence-electron chi connectivity index (χ3n) is 4.73. The number of carbonyl (C=O) groups excluding carboxylic acids is 2. The van der Waals surface area contributed by atoms with Gasteiger partial charge in [0.1, 0.15) is 0 Å². The van der Waals surface area contributed by atoms with Crippen LogP contribution in [0.2, 0.25) is 0 Å². The summed E-state index contributed by atoms with van der Waals surface area (Å²) >= 11 is 0. The molecule has 21 heavy (non-hydrogen) atoms. The highest BCUT2D eigenvalue weighted by Gasteiger charge is 2.44. The van der Waals surface area contributed by atoms with Gasteiger partial charge in [0, 0.05) is 38.5 Å². The van der Waals surface area contributed by atoms with Gasteiger partial charge in [-0.3, -0.25) is 14.9 Å². The number of alkyl halides is 2. The molecule has 0 aromatic rings. The molecule has 1 unspecified atom stereocenters. The largest absolute Gasteiger partial charge is 0.341 e. The molecule has 5 nitrogen and oxygen atoms in total. The molecule has 0 spiro atoms. The van der Waals surface area contributed by atoms with Crippen molar-refractivity contribution in [1.82, 2.24) is 15.1 Å². The minimum absolute atomic E-state index is 0.205.